The number of carboxylic acid groups (broad SMARTS) is 1. The molecule has 0 aliphatic carbocycles. The van der Waals surface area contributed by atoms with Crippen LogP contribution >= 0.6 is 0 Å². The summed E-state index contributed by atoms with van der Waals surface area (Å²) in [6.45, 7) is 4.50. The third-order valence-electron chi connectivity index (χ3n) is 8.51. The second-order valence-electron chi connectivity index (χ2n) is 12.7. The van der Waals surface area contributed by atoms with Crippen LogP contribution in [0.4, 0.5) is 0 Å². The quantitative estimate of drug-likeness (QED) is 0.0458. The largest absolute Gasteiger partial charge is 0.479 e. The lowest BCUT2D eigenvalue weighted by molar-refractivity contribution is -0.164. The van der Waals surface area contributed by atoms with Crippen LogP contribution in [0.3, 0.4) is 0 Å². The Hall–Kier alpha value is -1.32. The van der Waals surface area contributed by atoms with Gasteiger partial charge in [-0.15, -0.1) is 0 Å². The minimum atomic E-state index is -1.01. The molecule has 0 saturated heterocycles. The molecule has 1 atom stereocenters. The highest BCUT2D eigenvalue weighted by atomic mass is 16.6. The summed E-state index contributed by atoms with van der Waals surface area (Å²) in [5, 5.41) is 9.46. The predicted molar refractivity (Wildman–Crippen MR) is 181 cm³/mol. The molecule has 0 heterocycles. The van der Waals surface area contributed by atoms with Gasteiger partial charge < -0.3 is 9.84 Å². The van der Waals surface area contributed by atoms with Gasteiger partial charge in [-0.25, -0.2) is 4.79 Å². The van der Waals surface area contributed by atoms with Crippen molar-refractivity contribution < 1.29 is 19.4 Å². The fourth-order valence-electron chi connectivity index (χ4n) is 5.65. The van der Waals surface area contributed by atoms with Crippen LogP contribution in [0.15, 0.2) is 12.2 Å². The number of carbonyl (C=O) groups excluding carboxylic acids is 1. The van der Waals surface area contributed by atoms with Crippen LogP contribution in [-0.2, 0) is 14.3 Å². The van der Waals surface area contributed by atoms with Gasteiger partial charge in [0.05, 0.1) is 0 Å². The summed E-state index contributed by atoms with van der Waals surface area (Å²) >= 11 is 0. The van der Waals surface area contributed by atoms with E-state index in [0.717, 1.165) is 44.9 Å². The van der Waals surface area contributed by atoms with Crippen LogP contribution in [-0.4, -0.2) is 23.1 Å². The maximum Gasteiger partial charge on any atom is 0.345 e. The Bertz CT molecular complexity index is 600. The second kappa shape index (κ2) is 34.2. The van der Waals surface area contributed by atoms with Crippen LogP contribution in [0.5, 0.6) is 0 Å². The number of allylic oxidation sites excluding steroid dienone is 2. The zero-order chi connectivity index (χ0) is 30.8. The van der Waals surface area contributed by atoms with Crippen LogP contribution in [0.25, 0.3) is 0 Å². The molecule has 0 rings (SSSR count). The Kier molecular flexibility index (Phi) is 33.1. The Morgan fingerprint density at radius 1 is 0.500 bits per heavy atom. The number of unbranched alkanes of at least 4 members (excludes halogenated alkanes) is 26. The minimum Gasteiger partial charge on any atom is -0.479 e. The van der Waals surface area contributed by atoms with Crippen LogP contribution in [0, 0.1) is 0 Å². The van der Waals surface area contributed by atoms with Crippen molar-refractivity contribution in [2.24, 2.45) is 0 Å². The smallest absolute Gasteiger partial charge is 0.345 e. The third kappa shape index (κ3) is 31.6. The molecule has 0 saturated carbocycles. The van der Waals surface area contributed by atoms with Gasteiger partial charge in [-0.1, -0.05) is 180 Å². The number of ether oxygens (including phenoxy) is 1. The van der Waals surface area contributed by atoms with Crippen molar-refractivity contribution in [1.29, 1.82) is 0 Å². The van der Waals surface area contributed by atoms with Crippen molar-refractivity contribution in [2.45, 2.75) is 219 Å². The molecule has 0 fully saturated rings. The SMILES string of the molecule is CCCC/C=C\CCCCCCCC(=O)OC(CCCCCCCCCCCCCCCCCCCCCC)C(=O)O. The fraction of sp³-hybridized carbons (Fsp3) is 0.895. The number of hydrogen-bond acceptors (Lipinski definition) is 3. The summed E-state index contributed by atoms with van der Waals surface area (Å²) in [6, 6.07) is 0. The van der Waals surface area contributed by atoms with Crippen molar-refractivity contribution in [2.75, 3.05) is 0 Å². The maximum atomic E-state index is 12.1. The summed E-state index contributed by atoms with van der Waals surface area (Å²) in [5.74, 6) is -1.36. The monoisotopic (exact) mass is 593 g/mol. The minimum absolute atomic E-state index is 0.333. The van der Waals surface area contributed by atoms with Gasteiger partial charge in [0.1, 0.15) is 0 Å². The van der Waals surface area contributed by atoms with Crippen molar-refractivity contribution in [3.63, 3.8) is 0 Å². The van der Waals surface area contributed by atoms with E-state index in [1.165, 1.54) is 141 Å². The molecule has 0 aromatic rings. The molecule has 0 spiro atoms. The van der Waals surface area contributed by atoms with Gasteiger partial charge in [0, 0.05) is 6.42 Å². The molecule has 0 amide bonds. The van der Waals surface area contributed by atoms with E-state index in [1.54, 1.807) is 0 Å². The van der Waals surface area contributed by atoms with Crippen molar-refractivity contribution in [3.8, 4) is 0 Å². The lowest BCUT2D eigenvalue weighted by Gasteiger charge is -2.13. The van der Waals surface area contributed by atoms with E-state index in [2.05, 4.69) is 26.0 Å². The summed E-state index contributed by atoms with van der Waals surface area (Å²) in [6.07, 6.45) is 41.1. The van der Waals surface area contributed by atoms with Crippen molar-refractivity contribution >= 4 is 11.9 Å². The number of esters is 1. The Morgan fingerprint density at radius 3 is 1.29 bits per heavy atom. The molecule has 1 N–H and O–H groups in total. The Balaban J connectivity index is 3.50. The van der Waals surface area contributed by atoms with E-state index in [4.69, 9.17) is 4.74 Å². The number of aliphatic carboxylic acids is 1. The first-order valence-corrected chi connectivity index (χ1v) is 18.7. The zero-order valence-corrected chi connectivity index (χ0v) is 28.3. The molecule has 1 unspecified atom stereocenters. The lowest BCUT2D eigenvalue weighted by atomic mass is 10.0. The van der Waals surface area contributed by atoms with E-state index < -0.39 is 12.1 Å². The van der Waals surface area contributed by atoms with Gasteiger partial charge in [-0.05, 0) is 38.5 Å². The average Bonchev–Trinajstić information content (AvgIpc) is 2.98. The van der Waals surface area contributed by atoms with E-state index in [-0.39, 0.29) is 5.97 Å². The average molecular weight is 593 g/mol. The second-order valence-corrected chi connectivity index (χ2v) is 12.7. The summed E-state index contributed by atoms with van der Waals surface area (Å²) in [5.41, 5.74) is 0. The Labute approximate surface area is 262 Å². The molecule has 0 aliphatic rings. The van der Waals surface area contributed by atoms with E-state index in [1.807, 2.05) is 0 Å². The number of carboxylic acids is 1. The highest BCUT2D eigenvalue weighted by Gasteiger charge is 2.21. The molecule has 4 heteroatoms. The van der Waals surface area contributed by atoms with Crippen LogP contribution in [0.1, 0.15) is 213 Å². The zero-order valence-electron chi connectivity index (χ0n) is 28.3. The normalized spacial score (nSPS) is 12.2. The van der Waals surface area contributed by atoms with E-state index >= 15 is 0 Å². The van der Waals surface area contributed by atoms with Crippen LogP contribution in [0.2, 0.25) is 0 Å². The number of hydrogen-bond donors (Lipinski definition) is 1. The predicted octanol–water partition coefficient (Wildman–Crippen LogP) is 12.7. The molecule has 0 aromatic heterocycles. The standard InChI is InChI=1S/C38H72O4/c1-3-5-7-9-11-13-15-16-17-18-19-20-21-22-23-25-26-28-30-32-34-36(38(40)41)42-37(39)35-33-31-29-27-24-14-12-10-8-6-4-2/h10,12,36H,3-9,11,13-35H2,1-2H3,(H,40,41)/b12-10-. The number of carbonyl (C=O) groups is 2. The first-order chi connectivity index (χ1) is 20.6. The molecular formula is C38H72O4. The fourth-order valence-corrected chi connectivity index (χ4v) is 5.65. The molecule has 4 nitrogen and oxygen atoms in total. The van der Waals surface area contributed by atoms with Gasteiger partial charge >= 0.3 is 11.9 Å². The van der Waals surface area contributed by atoms with E-state index in [0.29, 0.717) is 12.8 Å². The topological polar surface area (TPSA) is 63.6 Å². The van der Waals surface area contributed by atoms with Gasteiger partial charge in [-0.3, -0.25) is 4.79 Å². The van der Waals surface area contributed by atoms with Crippen molar-refractivity contribution in [3.05, 3.63) is 12.2 Å². The van der Waals surface area contributed by atoms with Gasteiger partial charge in [0.2, 0.25) is 0 Å². The van der Waals surface area contributed by atoms with E-state index in [9.17, 15) is 14.7 Å². The summed E-state index contributed by atoms with van der Waals surface area (Å²) in [7, 11) is 0. The Morgan fingerprint density at radius 2 is 0.857 bits per heavy atom. The highest BCUT2D eigenvalue weighted by Crippen LogP contribution is 2.16. The molecule has 248 valence electrons. The summed E-state index contributed by atoms with van der Waals surface area (Å²) in [4.78, 5) is 23.7. The van der Waals surface area contributed by atoms with Gasteiger partial charge in [-0.2, -0.15) is 0 Å². The molecule has 0 radical (unpaired) electrons. The molecule has 0 bridgehead atoms. The summed E-state index contributed by atoms with van der Waals surface area (Å²) < 4.78 is 5.30. The molecule has 42 heavy (non-hydrogen) atoms. The third-order valence-corrected chi connectivity index (χ3v) is 8.51. The molecule has 0 aromatic carbocycles. The first-order valence-electron chi connectivity index (χ1n) is 18.7. The van der Waals surface area contributed by atoms with Crippen LogP contribution < -0.4 is 0 Å². The number of rotatable bonds is 34. The first kappa shape index (κ1) is 40.7. The lowest BCUT2D eigenvalue weighted by Crippen LogP contribution is -2.27. The highest BCUT2D eigenvalue weighted by molar-refractivity contribution is 5.77. The molecular weight excluding hydrogens is 520 g/mol. The maximum absolute atomic E-state index is 12.1. The molecule has 0 aliphatic heterocycles. The van der Waals surface area contributed by atoms with Crippen molar-refractivity contribution in [1.82, 2.24) is 0 Å². The van der Waals surface area contributed by atoms with Gasteiger partial charge in [0.25, 0.3) is 0 Å². The van der Waals surface area contributed by atoms with Gasteiger partial charge in [0.15, 0.2) is 6.10 Å².